The molecule has 2 amide bonds. The summed E-state index contributed by atoms with van der Waals surface area (Å²) in [4.78, 5) is 22.0. The second-order valence-electron chi connectivity index (χ2n) is 3.58. The van der Waals surface area contributed by atoms with Gasteiger partial charge in [-0.1, -0.05) is 6.07 Å². The molecule has 1 atom stereocenters. The fraction of sp³-hybridized carbons (Fsp3) is 0.273. The Hall–Kier alpha value is -2.15. The van der Waals surface area contributed by atoms with E-state index in [9.17, 15) is 14.0 Å². The third-order valence-electron chi connectivity index (χ3n) is 2.30. The van der Waals surface area contributed by atoms with Crippen LogP contribution in [0.4, 0.5) is 14.9 Å². The SMILES string of the molecule is Cc1c(F)cccc1NC(=O)N[C@@H](CO)C(=O)O. The number of hydrogen-bond donors (Lipinski definition) is 4. The molecule has 0 aromatic heterocycles. The number of anilines is 1. The maximum absolute atomic E-state index is 13.2. The van der Waals surface area contributed by atoms with Crippen LogP contribution in [0, 0.1) is 12.7 Å². The van der Waals surface area contributed by atoms with E-state index >= 15 is 0 Å². The smallest absolute Gasteiger partial charge is 0.328 e. The molecule has 1 rings (SSSR count). The molecule has 0 aliphatic heterocycles. The summed E-state index contributed by atoms with van der Waals surface area (Å²) in [6.45, 7) is 0.747. The number of carboxylic acids is 1. The van der Waals surface area contributed by atoms with Gasteiger partial charge in [-0.15, -0.1) is 0 Å². The summed E-state index contributed by atoms with van der Waals surface area (Å²) in [5.41, 5.74) is 0.470. The maximum atomic E-state index is 13.2. The molecule has 6 nitrogen and oxygen atoms in total. The van der Waals surface area contributed by atoms with E-state index in [2.05, 4.69) is 5.32 Å². The molecule has 7 heteroatoms. The number of urea groups is 1. The number of carboxylic acid groups (broad SMARTS) is 1. The normalized spacial score (nSPS) is 11.7. The lowest BCUT2D eigenvalue weighted by atomic mass is 10.2. The van der Waals surface area contributed by atoms with Crippen LogP contribution < -0.4 is 10.6 Å². The van der Waals surface area contributed by atoms with Crippen molar-refractivity contribution < 1.29 is 24.2 Å². The maximum Gasteiger partial charge on any atom is 0.328 e. The molecule has 0 spiro atoms. The van der Waals surface area contributed by atoms with Crippen LogP contribution >= 0.6 is 0 Å². The number of nitrogens with one attached hydrogen (secondary N) is 2. The monoisotopic (exact) mass is 256 g/mol. The molecular weight excluding hydrogens is 243 g/mol. The van der Waals surface area contributed by atoms with E-state index in [4.69, 9.17) is 10.2 Å². The fourth-order valence-corrected chi connectivity index (χ4v) is 1.25. The van der Waals surface area contributed by atoms with Gasteiger partial charge in [-0.3, -0.25) is 0 Å². The minimum atomic E-state index is -1.40. The van der Waals surface area contributed by atoms with Crippen molar-refractivity contribution in [1.82, 2.24) is 5.32 Å². The molecule has 4 N–H and O–H groups in total. The average Bonchev–Trinajstić information content (AvgIpc) is 2.31. The van der Waals surface area contributed by atoms with Gasteiger partial charge in [0.15, 0.2) is 6.04 Å². The standard InChI is InChI=1S/C11H13FN2O4/c1-6-7(12)3-2-4-8(6)13-11(18)14-9(5-15)10(16)17/h2-4,9,15H,5H2,1H3,(H,16,17)(H2,13,14,18)/t9-/m0/s1. The van der Waals surface area contributed by atoms with Crippen LogP contribution in [-0.2, 0) is 4.79 Å². The predicted octanol–water partition coefficient (Wildman–Crippen LogP) is 0.701. The van der Waals surface area contributed by atoms with Gasteiger partial charge >= 0.3 is 12.0 Å². The second kappa shape index (κ2) is 5.97. The molecule has 0 bridgehead atoms. The molecule has 98 valence electrons. The van der Waals surface area contributed by atoms with Crippen molar-refractivity contribution in [2.24, 2.45) is 0 Å². The first-order valence-corrected chi connectivity index (χ1v) is 5.12. The number of carbonyl (C=O) groups excluding carboxylic acids is 1. The Balaban J connectivity index is 2.70. The van der Waals surface area contributed by atoms with Gasteiger partial charge in [-0.25, -0.2) is 14.0 Å². The average molecular weight is 256 g/mol. The molecule has 0 fully saturated rings. The third kappa shape index (κ3) is 3.42. The summed E-state index contributed by atoms with van der Waals surface area (Å²) in [5.74, 6) is -1.84. The number of aliphatic carboxylic acids is 1. The fourth-order valence-electron chi connectivity index (χ4n) is 1.25. The summed E-state index contributed by atoms with van der Waals surface area (Å²) >= 11 is 0. The third-order valence-corrected chi connectivity index (χ3v) is 2.30. The van der Waals surface area contributed by atoms with Gasteiger partial charge in [0, 0.05) is 11.3 Å². The summed E-state index contributed by atoms with van der Waals surface area (Å²) in [6.07, 6.45) is 0. The first kappa shape index (κ1) is 13.9. The van der Waals surface area contributed by atoms with E-state index in [1.165, 1.54) is 25.1 Å². The molecule has 1 aromatic rings. The van der Waals surface area contributed by atoms with Crippen LogP contribution in [0.25, 0.3) is 0 Å². The Morgan fingerprint density at radius 1 is 1.44 bits per heavy atom. The number of rotatable bonds is 4. The number of amides is 2. The van der Waals surface area contributed by atoms with Crippen LogP contribution in [-0.4, -0.2) is 34.9 Å². The van der Waals surface area contributed by atoms with Crippen molar-refractivity contribution in [3.63, 3.8) is 0 Å². The van der Waals surface area contributed by atoms with Crippen LogP contribution in [0.2, 0.25) is 0 Å². The highest BCUT2D eigenvalue weighted by Crippen LogP contribution is 2.17. The second-order valence-corrected chi connectivity index (χ2v) is 3.58. The van der Waals surface area contributed by atoms with Crippen molar-refractivity contribution >= 4 is 17.7 Å². The van der Waals surface area contributed by atoms with Gasteiger partial charge in [0.2, 0.25) is 0 Å². The van der Waals surface area contributed by atoms with Gasteiger partial charge in [0.05, 0.1) is 6.61 Å². The minimum absolute atomic E-state index is 0.231. The lowest BCUT2D eigenvalue weighted by Gasteiger charge is -2.13. The molecular formula is C11H13FN2O4. The zero-order valence-electron chi connectivity index (χ0n) is 9.61. The van der Waals surface area contributed by atoms with Gasteiger partial charge in [0.1, 0.15) is 5.82 Å². The Kier molecular flexibility index (Phi) is 4.61. The molecule has 0 aliphatic carbocycles. The van der Waals surface area contributed by atoms with Gasteiger partial charge in [0.25, 0.3) is 0 Å². The molecule has 18 heavy (non-hydrogen) atoms. The highest BCUT2D eigenvalue weighted by molar-refractivity contribution is 5.92. The molecule has 1 aromatic carbocycles. The highest BCUT2D eigenvalue weighted by Gasteiger charge is 2.19. The Bertz CT molecular complexity index is 464. The van der Waals surface area contributed by atoms with E-state index < -0.39 is 30.5 Å². The van der Waals surface area contributed by atoms with Crippen molar-refractivity contribution in [3.8, 4) is 0 Å². The summed E-state index contributed by atoms with van der Waals surface area (Å²) in [7, 11) is 0. The van der Waals surface area contributed by atoms with Crippen molar-refractivity contribution in [2.75, 3.05) is 11.9 Å². The first-order valence-electron chi connectivity index (χ1n) is 5.12. The van der Waals surface area contributed by atoms with Crippen LogP contribution in [0.3, 0.4) is 0 Å². The van der Waals surface area contributed by atoms with E-state index in [0.717, 1.165) is 0 Å². The zero-order valence-corrected chi connectivity index (χ0v) is 9.61. The van der Waals surface area contributed by atoms with Crippen LogP contribution in [0.5, 0.6) is 0 Å². The Labute approximate surface area is 102 Å². The van der Waals surface area contributed by atoms with E-state index in [1.54, 1.807) is 0 Å². The number of benzene rings is 1. The first-order chi connectivity index (χ1) is 8.45. The quantitative estimate of drug-likeness (QED) is 0.637. The number of halogens is 1. The molecule has 0 aliphatic rings. The lowest BCUT2D eigenvalue weighted by molar-refractivity contribution is -0.140. The molecule has 0 saturated heterocycles. The summed E-state index contributed by atoms with van der Waals surface area (Å²) in [5, 5.41) is 21.7. The van der Waals surface area contributed by atoms with Crippen LogP contribution in [0.1, 0.15) is 5.56 Å². The Morgan fingerprint density at radius 2 is 2.11 bits per heavy atom. The van der Waals surface area contributed by atoms with Gasteiger partial charge < -0.3 is 20.8 Å². The number of aliphatic hydroxyl groups is 1. The van der Waals surface area contributed by atoms with E-state index in [0.29, 0.717) is 0 Å². The van der Waals surface area contributed by atoms with Crippen molar-refractivity contribution in [3.05, 3.63) is 29.6 Å². The summed E-state index contributed by atoms with van der Waals surface area (Å²) < 4.78 is 13.2. The summed E-state index contributed by atoms with van der Waals surface area (Å²) in [6, 6.07) is 1.90. The van der Waals surface area contributed by atoms with Gasteiger partial charge in [-0.2, -0.15) is 0 Å². The lowest BCUT2D eigenvalue weighted by Crippen LogP contribution is -2.45. The number of aliphatic hydroxyl groups excluding tert-OH is 1. The van der Waals surface area contributed by atoms with Gasteiger partial charge in [-0.05, 0) is 19.1 Å². The van der Waals surface area contributed by atoms with E-state index in [-0.39, 0.29) is 11.3 Å². The largest absolute Gasteiger partial charge is 0.480 e. The van der Waals surface area contributed by atoms with Crippen LogP contribution in [0.15, 0.2) is 18.2 Å². The molecule has 0 unspecified atom stereocenters. The highest BCUT2D eigenvalue weighted by atomic mass is 19.1. The predicted molar refractivity (Wildman–Crippen MR) is 61.8 cm³/mol. The number of carbonyl (C=O) groups is 2. The molecule has 0 saturated carbocycles. The number of hydrogen-bond acceptors (Lipinski definition) is 3. The topological polar surface area (TPSA) is 98.7 Å². The van der Waals surface area contributed by atoms with E-state index in [1.807, 2.05) is 5.32 Å². The Morgan fingerprint density at radius 3 is 2.67 bits per heavy atom. The molecule has 0 heterocycles. The van der Waals surface area contributed by atoms with Crippen molar-refractivity contribution in [2.45, 2.75) is 13.0 Å². The zero-order chi connectivity index (χ0) is 13.7. The minimum Gasteiger partial charge on any atom is -0.480 e. The van der Waals surface area contributed by atoms with Crippen molar-refractivity contribution in [1.29, 1.82) is 0 Å². The molecule has 0 radical (unpaired) electrons.